The first kappa shape index (κ1) is 10.5. The van der Waals surface area contributed by atoms with Gasteiger partial charge >= 0.3 is 5.69 Å². The van der Waals surface area contributed by atoms with E-state index >= 15 is 0 Å². The number of unbranched alkanes of at least 4 members (excludes halogenated alkanes) is 1. The lowest BCUT2D eigenvalue weighted by molar-refractivity contribution is 0.388. The highest BCUT2D eigenvalue weighted by Gasteiger charge is 1.94. The number of aliphatic hydroxyl groups excluding tert-OH is 1. The van der Waals surface area contributed by atoms with Gasteiger partial charge in [0.2, 0.25) is 0 Å². The van der Waals surface area contributed by atoms with Gasteiger partial charge in [0.05, 0.1) is 5.76 Å². The second-order valence-corrected chi connectivity index (χ2v) is 3.07. The Bertz CT molecular complexity index is 368. The molecule has 76 valence electrons. The molecule has 0 aliphatic heterocycles. The van der Waals surface area contributed by atoms with Gasteiger partial charge in [-0.2, -0.15) is 0 Å². The molecule has 0 spiro atoms. The van der Waals surface area contributed by atoms with Crippen LogP contribution in [0, 0.1) is 0 Å². The van der Waals surface area contributed by atoms with Crippen molar-refractivity contribution in [1.82, 2.24) is 9.97 Å². The minimum Gasteiger partial charge on any atom is -0.512 e. The van der Waals surface area contributed by atoms with Crippen LogP contribution < -0.4 is 5.69 Å². The summed E-state index contributed by atoms with van der Waals surface area (Å²) < 4.78 is 0. The van der Waals surface area contributed by atoms with E-state index in [1.807, 2.05) is 0 Å². The van der Waals surface area contributed by atoms with Crippen LogP contribution in [0.25, 0.3) is 6.08 Å². The summed E-state index contributed by atoms with van der Waals surface area (Å²) >= 11 is 0. The summed E-state index contributed by atoms with van der Waals surface area (Å²) in [7, 11) is 0. The lowest BCUT2D eigenvalue weighted by Crippen LogP contribution is -2.09. The van der Waals surface area contributed by atoms with Gasteiger partial charge in [0.15, 0.2) is 0 Å². The summed E-state index contributed by atoms with van der Waals surface area (Å²) in [5.41, 5.74) is 0.181. The summed E-state index contributed by atoms with van der Waals surface area (Å²) in [6.07, 6.45) is 5.58. The van der Waals surface area contributed by atoms with Gasteiger partial charge in [-0.15, -0.1) is 0 Å². The molecule has 1 heterocycles. The number of allylic oxidation sites excluding steroid dienone is 1. The molecule has 0 unspecified atom stereocenters. The molecule has 0 atom stereocenters. The molecule has 1 aromatic heterocycles. The first-order valence-corrected chi connectivity index (χ1v) is 4.67. The summed E-state index contributed by atoms with van der Waals surface area (Å²) in [6.45, 7) is 2.06. The molecular weight excluding hydrogens is 180 g/mol. The van der Waals surface area contributed by atoms with E-state index in [4.69, 9.17) is 0 Å². The Morgan fingerprint density at radius 1 is 1.71 bits per heavy atom. The van der Waals surface area contributed by atoms with Crippen molar-refractivity contribution in [3.05, 3.63) is 34.2 Å². The van der Waals surface area contributed by atoms with Gasteiger partial charge in [0, 0.05) is 18.3 Å². The van der Waals surface area contributed by atoms with Gasteiger partial charge in [0.25, 0.3) is 0 Å². The number of H-pyrrole nitrogens is 1. The zero-order chi connectivity index (χ0) is 10.4. The van der Waals surface area contributed by atoms with Crippen molar-refractivity contribution in [2.24, 2.45) is 0 Å². The maximum absolute atomic E-state index is 10.8. The highest BCUT2D eigenvalue weighted by molar-refractivity contribution is 5.45. The molecule has 14 heavy (non-hydrogen) atoms. The van der Waals surface area contributed by atoms with Crippen LogP contribution >= 0.6 is 0 Å². The minimum absolute atomic E-state index is 0.286. The molecule has 0 radical (unpaired) electrons. The van der Waals surface area contributed by atoms with Crippen molar-refractivity contribution in [3.8, 4) is 0 Å². The molecule has 1 rings (SSSR count). The quantitative estimate of drug-likeness (QED) is 0.719. The Hall–Kier alpha value is -1.58. The number of aliphatic hydroxyl groups is 1. The van der Waals surface area contributed by atoms with Crippen molar-refractivity contribution in [3.63, 3.8) is 0 Å². The molecule has 0 aromatic carbocycles. The van der Waals surface area contributed by atoms with Crippen molar-refractivity contribution in [2.75, 3.05) is 0 Å². The number of hydrogen-bond donors (Lipinski definition) is 2. The number of nitrogens with zero attached hydrogens (tertiary/aromatic N) is 1. The zero-order valence-electron chi connectivity index (χ0n) is 8.16. The van der Waals surface area contributed by atoms with Gasteiger partial charge in [-0.05, 0) is 18.6 Å². The highest BCUT2D eigenvalue weighted by atomic mass is 16.3. The SMILES string of the molecule is CCCC/C(O)=C/c1ccnc(=O)[nH]1. The largest absolute Gasteiger partial charge is 0.512 e. The van der Waals surface area contributed by atoms with Crippen LogP contribution in [-0.2, 0) is 0 Å². The smallest absolute Gasteiger partial charge is 0.345 e. The van der Waals surface area contributed by atoms with Crippen molar-refractivity contribution < 1.29 is 5.11 Å². The van der Waals surface area contributed by atoms with E-state index in [-0.39, 0.29) is 5.76 Å². The predicted molar refractivity (Wildman–Crippen MR) is 55.0 cm³/mol. The van der Waals surface area contributed by atoms with Crippen LogP contribution in [-0.4, -0.2) is 15.1 Å². The van der Waals surface area contributed by atoms with Crippen molar-refractivity contribution >= 4 is 6.08 Å². The first-order chi connectivity index (χ1) is 6.72. The summed E-state index contributed by atoms with van der Waals surface area (Å²) in [5, 5.41) is 9.44. The molecule has 0 aliphatic carbocycles. The van der Waals surface area contributed by atoms with Crippen LogP contribution in [0.1, 0.15) is 31.9 Å². The Balaban J connectivity index is 2.71. The van der Waals surface area contributed by atoms with Gasteiger partial charge in [-0.25, -0.2) is 9.78 Å². The number of rotatable bonds is 4. The zero-order valence-corrected chi connectivity index (χ0v) is 8.16. The summed E-state index contributed by atoms with van der Waals surface area (Å²) in [4.78, 5) is 16.8. The summed E-state index contributed by atoms with van der Waals surface area (Å²) in [5.74, 6) is 0.286. The monoisotopic (exact) mass is 194 g/mol. The topological polar surface area (TPSA) is 66.0 Å². The Labute approximate surface area is 82.3 Å². The van der Waals surface area contributed by atoms with Crippen LogP contribution in [0.4, 0.5) is 0 Å². The average Bonchev–Trinajstić information content (AvgIpc) is 2.15. The molecule has 0 bridgehead atoms. The van der Waals surface area contributed by atoms with Crippen molar-refractivity contribution in [2.45, 2.75) is 26.2 Å². The van der Waals surface area contributed by atoms with Gasteiger partial charge in [-0.1, -0.05) is 13.3 Å². The average molecular weight is 194 g/mol. The molecule has 0 fully saturated rings. The molecule has 4 heteroatoms. The van der Waals surface area contributed by atoms with E-state index in [1.165, 1.54) is 6.20 Å². The minimum atomic E-state index is -0.401. The predicted octanol–water partition coefficient (Wildman–Crippen LogP) is 1.86. The lowest BCUT2D eigenvalue weighted by atomic mass is 10.2. The van der Waals surface area contributed by atoms with Crippen LogP contribution in [0.5, 0.6) is 0 Å². The molecule has 0 saturated heterocycles. The summed E-state index contributed by atoms with van der Waals surface area (Å²) in [6, 6.07) is 1.64. The van der Waals surface area contributed by atoms with Gasteiger partial charge in [-0.3, -0.25) is 0 Å². The molecule has 0 amide bonds. The molecule has 1 aromatic rings. The molecule has 0 saturated carbocycles. The normalized spacial score (nSPS) is 11.6. The van der Waals surface area contributed by atoms with E-state index in [9.17, 15) is 9.90 Å². The third-order valence-electron chi connectivity index (χ3n) is 1.81. The number of aromatic nitrogens is 2. The van der Waals surface area contributed by atoms with Crippen molar-refractivity contribution in [1.29, 1.82) is 0 Å². The van der Waals surface area contributed by atoms with E-state index in [2.05, 4.69) is 16.9 Å². The van der Waals surface area contributed by atoms with Gasteiger partial charge in [0.1, 0.15) is 0 Å². The molecule has 0 aliphatic rings. The van der Waals surface area contributed by atoms with Crippen LogP contribution in [0.15, 0.2) is 22.8 Å². The number of hydrogen-bond acceptors (Lipinski definition) is 3. The van der Waals surface area contributed by atoms with E-state index in [0.29, 0.717) is 12.1 Å². The Kier molecular flexibility index (Phi) is 3.91. The maximum Gasteiger partial charge on any atom is 0.345 e. The second kappa shape index (κ2) is 5.21. The van der Waals surface area contributed by atoms with Crippen LogP contribution in [0.3, 0.4) is 0 Å². The van der Waals surface area contributed by atoms with Crippen LogP contribution in [0.2, 0.25) is 0 Å². The fourth-order valence-corrected chi connectivity index (χ4v) is 1.08. The first-order valence-electron chi connectivity index (χ1n) is 4.67. The van der Waals surface area contributed by atoms with E-state index in [1.54, 1.807) is 12.1 Å². The van der Waals surface area contributed by atoms with E-state index < -0.39 is 5.69 Å². The Morgan fingerprint density at radius 3 is 3.14 bits per heavy atom. The lowest BCUT2D eigenvalue weighted by Gasteiger charge is -1.98. The molecule has 4 nitrogen and oxygen atoms in total. The highest BCUT2D eigenvalue weighted by Crippen LogP contribution is 2.07. The Morgan fingerprint density at radius 2 is 2.50 bits per heavy atom. The van der Waals surface area contributed by atoms with E-state index in [0.717, 1.165) is 12.8 Å². The number of nitrogens with one attached hydrogen (secondary N) is 1. The maximum atomic E-state index is 10.8. The van der Waals surface area contributed by atoms with Gasteiger partial charge < -0.3 is 10.1 Å². The third kappa shape index (κ3) is 3.43. The molecule has 2 N–H and O–H groups in total. The molecular formula is C10H14N2O2. The fourth-order valence-electron chi connectivity index (χ4n) is 1.08. The second-order valence-electron chi connectivity index (χ2n) is 3.07. The third-order valence-corrected chi connectivity index (χ3v) is 1.81. The standard InChI is InChI=1S/C10H14N2O2/c1-2-3-4-9(13)7-8-5-6-11-10(14)12-8/h5-7,13H,2-4H2,1H3,(H,11,12,14)/b9-7-. The fraction of sp³-hybridized carbons (Fsp3) is 0.400. The number of aromatic amines is 1.